The van der Waals surface area contributed by atoms with Crippen molar-refractivity contribution >= 4 is 0 Å². The lowest BCUT2D eigenvalue weighted by atomic mass is 10.1. The SMILES string of the molecule is C[C@H](N)c1cn[nH]c1C(F)(F)F. The van der Waals surface area contributed by atoms with Crippen LogP contribution in [0.4, 0.5) is 13.2 Å². The zero-order valence-electron chi connectivity index (χ0n) is 6.31. The van der Waals surface area contributed by atoms with E-state index in [2.05, 4.69) is 5.10 Å². The number of hydrogen-bond acceptors (Lipinski definition) is 2. The van der Waals surface area contributed by atoms with Crippen LogP contribution in [0.25, 0.3) is 0 Å². The maximum absolute atomic E-state index is 12.1. The first-order valence-electron chi connectivity index (χ1n) is 3.29. The molecule has 0 radical (unpaired) electrons. The molecule has 68 valence electrons. The Labute approximate surface area is 66.8 Å². The number of halogens is 3. The normalized spacial score (nSPS) is 14.8. The third kappa shape index (κ3) is 1.58. The van der Waals surface area contributed by atoms with Crippen molar-refractivity contribution in [3.63, 3.8) is 0 Å². The second-order valence-corrected chi connectivity index (χ2v) is 2.49. The minimum Gasteiger partial charge on any atom is -0.324 e. The highest BCUT2D eigenvalue weighted by Gasteiger charge is 2.36. The van der Waals surface area contributed by atoms with Gasteiger partial charge in [0.25, 0.3) is 0 Å². The van der Waals surface area contributed by atoms with Crippen molar-refractivity contribution in [2.75, 3.05) is 0 Å². The molecule has 6 heteroatoms. The van der Waals surface area contributed by atoms with E-state index in [-0.39, 0.29) is 5.56 Å². The van der Waals surface area contributed by atoms with Crippen molar-refractivity contribution in [3.05, 3.63) is 17.5 Å². The molecule has 1 aromatic rings. The molecule has 0 saturated carbocycles. The van der Waals surface area contributed by atoms with E-state index < -0.39 is 17.9 Å². The van der Waals surface area contributed by atoms with Crippen LogP contribution in [0.5, 0.6) is 0 Å². The summed E-state index contributed by atoms with van der Waals surface area (Å²) in [6.45, 7) is 1.47. The highest BCUT2D eigenvalue weighted by molar-refractivity contribution is 5.22. The Bertz CT molecular complexity index is 263. The minimum atomic E-state index is -4.40. The highest BCUT2D eigenvalue weighted by Crippen LogP contribution is 2.31. The van der Waals surface area contributed by atoms with E-state index >= 15 is 0 Å². The monoisotopic (exact) mass is 179 g/mol. The van der Waals surface area contributed by atoms with Crippen molar-refractivity contribution in [2.45, 2.75) is 19.1 Å². The van der Waals surface area contributed by atoms with E-state index in [1.165, 1.54) is 6.92 Å². The molecule has 12 heavy (non-hydrogen) atoms. The van der Waals surface area contributed by atoms with Crippen LogP contribution >= 0.6 is 0 Å². The van der Waals surface area contributed by atoms with Gasteiger partial charge >= 0.3 is 6.18 Å². The van der Waals surface area contributed by atoms with E-state index in [4.69, 9.17) is 5.73 Å². The third-order valence-electron chi connectivity index (χ3n) is 1.44. The second kappa shape index (κ2) is 2.78. The van der Waals surface area contributed by atoms with Gasteiger partial charge in [0.15, 0.2) is 0 Å². The van der Waals surface area contributed by atoms with Crippen molar-refractivity contribution in [1.29, 1.82) is 0 Å². The Balaban J connectivity index is 3.08. The number of alkyl halides is 3. The van der Waals surface area contributed by atoms with Crippen LogP contribution in [-0.4, -0.2) is 10.2 Å². The number of hydrogen-bond donors (Lipinski definition) is 2. The molecule has 0 bridgehead atoms. The lowest BCUT2D eigenvalue weighted by molar-refractivity contribution is -0.141. The van der Waals surface area contributed by atoms with Gasteiger partial charge in [-0.25, -0.2) is 0 Å². The fourth-order valence-electron chi connectivity index (χ4n) is 0.868. The predicted molar refractivity (Wildman–Crippen MR) is 36.2 cm³/mol. The molecule has 0 amide bonds. The number of nitrogens with zero attached hydrogens (tertiary/aromatic N) is 1. The molecule has 0 fully saturated rings. The first kappa shape index (κ1) is 9.05. The molecule has 0 spiro atoms. The summed E-state index contributed by atoms with van der Waals surface area (Å²) in [6.07, 6.45) is -3.31. The molecule has 0 aliphatic rings. The van der Waals surface area contributed by atoms with Crippen molar-refractivity contribution in [2.24, 2.45) is 5.73 Å². The molecule has 1 aromatic heterocycles. The maximum Gasteiger partial charge on any atom is 0.433 e. The van der Waals surface area contributed by atoms with Gasteiger partial charge in [0.05, 0.1) is 6.20 Å². The number of rotatable bonds is 1. The molecule has 1 heterocycles. The summed E-state index contributed by atoms with van der Waals surface area (Å²) in [7, 11) is 0. The van der Waals surface area contributed by atoms with Gasteiger partial charge < -0.3 is 5.73 Å². The van der Waals surface area contributed by atoms with Crippen molar-refractivity contribution in [3.8, 4) is 0 Å². The standard InChI is InChI=1S/C6H8F3N3/c1-3(10)4-2-11-12-5(4)6(7,8)9/h2-3H,10H2,1H3,(H,11,12)/t3-/m0/s1. The first-order chi connectivity index (χ1) is 5.43. The van der Waals surface area contributed by atoms with E-state index in [0.29, 0.717) is 0 Å². The molecular formula is C6H8F3N3. The van der Waals surface area contributed by atoms with E-state index in [1.807, 2.05) is 5.10 Å². The molecule has 3 nitrogen and oxygen atoms in total. The number of H-pyrrole nitrogens is 1. The van der Waals surface area contributed by atoms with E-state index in [0.717, 1.165) is 6.20 Å². The lowest BCUT2D eigenvalue weighted by Crippen LogP contribution is -2.14. The zero-order chi connectivity index (χ0) is 9.35. The molecule has 0 saturated heterocycles. The van der Waals surface area contributed by atoms with Gasteiger partial charge in [0, 0.05) is 11.6 Å². The van der Waals surface area contributed by atoms with E-state index in [9.17, 15) is 13.2 Å². The fourth-order valence-corrected chi connectivity index (χ4v) is 0.868. The van der Waals surface area contributed by atoms with Crippen LogP contribution in [0.1, 0.15) is 24.2 Å². The molecule has 1 atom stereocenters. The molecule has 1 rings (SSSR count). The smallest absolute Gasteiger partial charge is 0.324 e. The van der Waals surface area contributed by atoms with Crippen LogP contribution in [0, 0.1) is 0 Å². The molecular weight excluding hydrogens is 171 g/mol. The summed E-state index contributed by atoms with van der Waals surface area (Å²) in [5.74, 6) is 0. The largest absolute Gasteiger partial charge is 0.433 e. The maximum atomic E-state index is 12.1. The Morgan fingerprint density at radius 3 is 2.50 bits per heavy atom. The van der Waals surface area contributed by atoms with Crippen molar-refractivity contribution < 1.29 is 13.2 Å². The average molecular weight is 179 g/mol. The lowest BCUT2D eigenvalue weighted by Gasteiger charge is -2.08. The van der Waals surface area contributed by atoms with Crippen molar-refractivity contribution in [1.82, 2.24) is 10.2 Å². The van der Waals surface area contributed by atoms with Gasteiger partial charge in [0.1, 0.15) is 5.69 Å². The topological polar surface area (TPSA) is 54.7 Å². The van der Waals surface area contributed by atoms with Crippen LogP contribution in [-0.2, 0) is 6.18 Å². The highest BCUT2D eigenvalue weighted by atomic mass is 19.4. The van der Waals surface area contributed by atoms with Crippen LogP contribution in [0.15, 0.2) is 6.20 Å². The number of aromatic nitrogens is 2. The van der Waals surface area contributed by atoms with Crippen LogP contribution in [0.2, 0.25) is 0 Å². The summed E-state index contributed by atoms with van der Waals surface area (Å²) in [4.78, 5) is 0. The van der Waals surface area contributed by atoms with Gasteiger partial charge in [-0.1, -0.05) is 0 Å². The number of nitrogens with two attached hydrogens (primary N) is 1. The third-order valence-corrected chi connectivity index (χ3v) is 1.44. The summed E-state index contributed by atoms with van der Waals surface area (Å²) in [5, 5.41) is 5.16. The van der Waals surface area contributed by atoms with Gasteiger partial charge in [-0.3, -0.25) is 5.10 Å². The zero-order valence-corrected chi connectivity index (χ0v) is 6.31. The Morgan fingerprint density at radius 1 is 1.58 bits per heavy atom. The molecule has 0 unspecified atom stereocenters. The minimum absolute atomic E-state index is 0.0116. The van der Waals surface area contributed by atoms with Gasteiger partial charge in [-0.15, -0.1) is 0 Å². The Hall–Kier alpha value is -1.04. The number of aromatic amines is 1. The molecule has 0 aliphatic carbocycles. The predicted octanol–water partition coefficient (Wildman–Crippen LogP) is 1.45. The quantitative estimate of drug-likeness (QED) is 0.685. The fraction of sp³-hybridized carbons (Fsp3) is 0.500. The molecule has 0 aromatic carbocycles. The Kier molecular flexibility index (Phi) is 2.10. The van der Waals surface area contributed by atoms with Crippen LogP contribution in [0.3, 0.4) is 0 Å². The van der Waals surface area contributed by atoms with Crippen LogP contribution < -0.4 is 5.73 Å². The second-order valence-electron chi connectivity index (χ2n) is 2.49. The van der Waals surface area contributed by atoms with Gasteiger partial charge in [0.2, 0.25) is 0 Å². The van der Waals surface area contributed by atoms with E-state index in [1.54, 1.807) is 0 Å². The summed E-state index contributed by atoms with van der Waals surface area (Å²) < 4.78 is 36.3. The average Bonchev–Trinajstić information content (AvgIpc) is 2.30. The molecule has 0 aliphatic heterocycles. The Morgan fingerprint density at radius 2 is 2.17 bits per heavy atom. The summed E-state index contributed by atoms with van der Waals surface area (Å²) >= 11 is 0. The summed E-state index contributed by atoms with van der Waals surface area (Å²) in [5.41, 5.74) is 4.42. The number of nitrogens with one attached hydrogen (secondary N) is 1. The van der Waals surface area contributed by atoms with Gasteiger partial charge in [-0.05, 0) is 6.92 Å². The summed E-state index contributed by atoms with van der Waals surface area (Å²) in [6, 6.07) is -0.666. The van der Waals surface area contributed by atoms with Gasteiger partial charge in [-0.2, -0.15) is 18.3 Å². The molecule has 3 N–H and O–H groups in total. The first-order valence-corrected chi connectivity index (χ1v) is 3.29.